The van der Waals surface area contributed by atoms with Gasteiger partial charge in [0.15, 0.2) is 31.3 Å². The van der Waals surface area contributed by atoms with E-state index in [0.29, 0.717) is 50.5 Å². The molecule has 24 nitrogen and oxygen atoms in total. The van der Waals surface area contributed by atoms with Crippen LogP contribution in [0.3, 0.4) is 0 Å². The van der Waals surface area contributed by atoms with E-state index in [1.165, 1.54) is 5.57 Å². The number of carboxylic acid groups (broad SMARTS) is 1. The Kier molecular flexibility index (Phi) is 18.0. The molecule has 5 aliphatic carbocycles. The van der Waals surface area contributed by atoms with Gasteiger partial charge in [-0.25, -0.2) is 9.59 Å². The number of ether oxygens (including phenoxy) is 9. The maximum absolute atomic E-state index is 13.4. The van der Waals surface area contributed by atoms with Gasteiger partial charge in [-0.15, -0.1) is 0 Å². The highest BCUT2D eigenvalue weighted by Gasteiger charge is 2.72. The molecule has 3 unspecified atom stereocenters. The number of aliphatic carboxylic acids is 1. The van der Waals surface area contributed by atoms with Crippen LogP contribution in [0.5, 0.6) is 0 Å². The number of carbonyl (C=O) groups is 2. The first-order valence-electron chi connectivity index (χ1n) is 28.8. The van der Waals surface area contributed by atoms with E-state index < -0.39 is 177 Å². The summed E-state index contributed by atoms with van der Waals surface area (Å²) in [6, 6.07) is 0. The SMILES string of the molecule is C/C=C(\C)C(=O)O[C@H]1CC(C)(C)CC2C3=CCC4[C@@]5(C)CC[C@H](O[C@@H]6O[C@H](C(=O)O)[C@@H](O)[C@H](O[C@@H]7OC[C@H](O)[C@H](O)[C@H]7O[C@@H]7OC[C@@H](O)[C@H](O)[C@H]7O)[C@H]6O[C@@H]6O[C@H](CO)[C@H](O)[C@H](O)[C@H]6O)C(C)(C)C5CC[C@@]4(C)[C@]3(C)C[C@@H](O)[C@]21CO. The summed E-state index contributed by atoms with van der Waals surface area (Å²) in [5.74, 6) is -2.42. The van der Waals surface area contributed by atoms with Crippen molar-refractivity contribution in [1.82, 2.24) is 0 Å². The van der Waals surface area contributed by atoms with E-state index in [9.17, 15) is 76.0 Å². The van der Waals surface area contributed by atoms with Gasteiger partial charge >= 0.3 is 11.9 Å². The van der Waals surface area contributed by atoms with Crippen molar-refractivity contribution in [3.8, 4) is 0 Å². The molecular weight excluding hydrogens is 1070 g/mol. The van der Waals surface area contributed by atoms with Crippen molar-refractivity contribution < 1.29 is 119 Å². The minimum Gasteiger partial charge on any atom is -0.479 e. The molecule has 0 aromatic heterocycles. The highest BCUT2D eigenvalue weighted by atomic mass is 16.8. The van der Waals surface area contributed by atoms with Crippen molar-refractivity contribution in [2.24, 2.45) is 50.2 Å². The van der Waals surface area contributed by atoms with Crippen LogP contribution < -0.4 is 0 Å². The zero-order valence-electron chi connectivity index (χ0n) is 47.8. The summed E-state index contributed by atoms with van der Waals surface area (Å²) in [5.41, 5.74) is -1.79. The maximum atomic E-state index is 13.4. The second kappa shape index (κ2) is 23.0. The van der Waals surface area contributed by atoms with E-state index in [0.717, 1.165) is 6.42 Å². The molecule has 4 heterocycles. The molecule has 0 bridgehead atoms. The molecule has 81 heavy (non-hydrogen) atoms. The first-order chi connectivity index (χ1) is 37.9. The Hall–Kier alpha value is -2.38. The Labute approximate surface area is 471 Å². The Morgan fingerprint density at radius 1 is 0.654 bits per heavy atom. The van der Waals surface area contributed by atoms with E-state index in [2.05, 4.69) is 54.5 Å². The fourth-order valence-electron chi connectivity index (χ4n) is 16.8. The van der Waals surface area contributed by atoms with Gasteiger partial charge in [0.05, 0.1) is 44.1 Å². The number of aliphatic hydroxyl groups is 12. The van der Waals surface area contributed by atoms with Gasteiger partial charge in [-0.3, -0.25) is 0 Å². The van der Waals surface area contributed by atoms with E-state index in [4.69, 9.17) is 42.6 Å². The van der Waals surface area contributed by atoms with Gasteiger partial charge < -0.3 is 109 Å². The Morgan fingerprint density at radius 2 is 1.28 bits per heavy atom. The molecule has 4 saturated carbocycles. The van der Waals surface area contributed by atoms with E-state index >= 15 is 0 Å². The summed E-state index contributed by atoms with van der Waals surface area (Å²) < 4.78 is 54.9. The predicted molar refractivity (Wildman–Crippen MR) is 277 cm³/mol. The van der Waals surface area contributed by atoms with Crippen molar-refractivity contribution in [2.75, 3.05) is 26.4 Å². The van der Waals surface area contributed by atoms with Crippen LogP contribution in [0.25, 0.3) is 0 Å². The fraction of sp³-hybridized carbons (Fsp3) is 0.895. The first-order valence-corrected chi connectivity index (χ1v) is 28.8. The molecule has 462 valence electrons. The van der Waals surface area contributed by atoms with E-state index in [-0.39, 0.29) is 40.6 Å². The number of carboxylic acids is 1. The molecule has 0 amide bonds. The van der Waals surface area contributed by atoms with Crippen LogP contribution in [0.4, 0.5) is 0 Å². The largest absolute Gasteiger partial charge is 0.479 e. The lowest BCUT2D eigenvalue weighted by Crippen LogP contribution is -2.70. The molecule has 28 atom stereocenters. The monoisotopic (exact) mass is 1160 g/mol. The minimum absolute atomic E-state index is 0.0579. The molecule has 4 aliphatic heterocycles. The molecule has 13 N–H and O–H groups in total. The summed E-state index contributed by atoms with van der Waals surface area (Å²) in [6.45, 7) is 16.4. The van der Waals surface area contributed by atoms with Crippen LogP contribution in [0, 0.1) is 50.2 Å². The standard InChI is InChI=1S/C57H90O24/c1-10-24(2)47(72)76-34-19-52(3,4)17-26-25-11-12-31-54(7)15-14-33(53(5,6)30(54)13-16-55(31,8)56(25,9)18-32(62)57(26,34)23-59)77-51-45(81-49-40(68)38(66)37(65)29(20-58)75-49)42(41(69)43(79-51)46(70)71)78-50-44(36(64)28(61)22-74-50)80-48-39(67)35(63)27(60)21-73-48/h10-11,26-45,48-51,58-69H,12-23H2,1-9H3,(H,70,71)/b24-10+/t26?,27-,28+,29-,30?,31?,32-,33+,34+,35+,36+,37+,38+,39-,40-,41+,42+,43+,44-,45-,48+,49+,50+,51-,54+,55-,56-,57+/m1/s1. The fourth-order valence-corrected chi connectivity index (χ4v) is 16.8. The zero-order valence-corrected chi connectivity index (χ0v) is 47.8. The third-order valence-corrected chi connectivity index (χ3v) is 21.7. The van der Waals surface area contributed by atoms with E-state index in [1.54, 1.807) is 19.9 Å². The summed E-state index contributed by atoms with van der Waals surface area (Å²) in [6.07, 6.45) is -27.1. The molecular formula is C57H90O24. The topological polar surface area (TPSA) is 380 Å². The minimum atomic E-state index is -2.19. The number of aliphatic hydroxyl groups excluding tert-OH is 12. The highest BCUT2D eigenvalue weighted by Crippen LogP contribution is 2.76. The lowest BCUT2D eigenvalue weighted by atomic mass is 9.33. The maximum Gasteiger partial charge on any atom is 0.335 e. The average molecular weight is 1160 g/mol. The molecule has 0 radical (unpaired) electrons. The third kappa shape index (κ3) is 10.5. The lowest BCUT2D eigenvalue weighted by Gasteiger charge is -2.72. The van der Waals surface area contributed by atoms with Crippen LogP contribution in [0.15, 0.2) is 23.3 Å². The van der Waals surface area contributed by atoms with Crippen molar-refractivity contribution in [2.45, 2.75) is 243 Å². The normalized spacial score (nSPS) is 51.6. The smallest absolute Gasteiger partial charge is 0.335 e. The van der Waals surface area contributed by atoms with Gasteiger partial charge in [-0.1, -0.05) is 66.2 Å². The molecule has 8 fully saturated rings. The van der Waals surface area contributed by atoms with Gasteiger partial charge in [-0.2, -0.15) is 0 Å². The number of carbonyl (C=O) groups excluding carboxylic acids is 1. The van der Waals surface area contributed by atoms with Crippen molar-refractivity contribution in [1.29, 1.82) is 0 Å². The van der Waals surface area contributed by atoms with Crippen LogP contribution in [0.2, 0.25) is 0 Å². The van der Waals surface area contributed by atoms with Crippen LogP contribution >= 0.6 is 0 Å². The summed E-state index contributed by atoms with van der Waals surface area (Å²) in [5, 5.41) is 143. The van der Waals surface area contributed by atoms with Gasteiger partial charge in [-0.05, 0) is 110 Å². The van der Waals surface area contributed by atoms with Crippen LogP contribution in [-0.4, -0.2) is 234 Å². The Bertz CT molecular complexity index is 2330. The second-order valence-electron chi connectivity index (χ2n) is 27.0. The van der Waals surface area contributed by atoms with E-state index in [1.807, 2.05) is 0 Å². The summed E-state index contributed by atoms with van der Waals surface area (Å²) in [4.78, 5) is 26.5. The first kappa shape index (κ1) is 63.1. The van der Waals surface area contributed by atoms with Crippen LogP contribution in [-0.2, 0) is 52.2 Å². The van der Waals surface area contributed by atoms with Crippen LogP contribution in [0.1, 0.15) is 114 Å². The number of fused-ring (bicyclic) bond motifs is 7. The highest BCUT2D eigenvalue weighted by molar-refractivity contribution is 5.87. The molecule has 9 aliphatic rings. The molecule has 4 saturated heterocycles. The van der Waals surface area contributed by atoms with Gasteiger partial charge in [0.2, 0.25) is 0 Å². The number of hydrogen-bond donors (Lipinski definition) is 13. The summed E-state index contributed by atoms with van der Waals surface area (Å²) >= 11 is 0. The van der Waals surface area contributed by atoms with Gasteiger partial charge in [0.1, 0.15) is 85.5 Å². The third-order valence-electron chi connectivity index (χ3n) is 21.7. The van der Waals surface area contributed by atoms with Crippen molar-refractivity contribution in [3.05, 3.63) is 23.3 Å². The quantitative estimate of drug-likeness (QED) is 0.0468. The van der Waals surface area contributed by atoms with Crippen molar-refractivity contribution in [3.63, 3.8) is 0 Å². The zero-order chi connectivity index (χ0) is 59.4. The van der Waals surface area contributed by atoms with Gasteiger partial charge in [0, 0.05) is 5.57 Å². The molecule has 0 aromatic carbocycles. The lowest BCUT2D eigenvalue weighted by molar-refractivity contribution is -0.399. The summed E-state index contributed by atoms with van der Waals surface area (Å²) in [7, 11) is 0. The Balaban J connectivity index is 1.03. The number of allylic oxidation sites excluding steroid dienone is 3. The Morgan fingerprint density at radius 3 is 1.93 bits per heavy atom. The molecule has 9 rings (SSSR count). The molecule has 0 spiro atoms. The van der Waals surface area contributed by atoms with Gasteiger partial charge in [0.25, 0.3) is 0 Å². The predicted octanol–water partition coefficient (Wildman–Crippen LogP) is -0.733. The average Bonchev–Trinajstić information content (AvgIpc) is 3.28. The number of hydrogen-bond acceptors (Lipinski definition) is 23. The molecule has 0 aromatic rings. The molecule has 24 heteroatoms. The second-order valence-corrected chi connectivity index (χ2v) is 27.0. The number of esters is 1. The number of rotatable bonds is 13. The van der Waals surface area contributed by atoms with Crippen molar-refractivity contribution >= 4 is 11.9 Å².